The van der Waals surface area contributed by atoms with Crippen molar-refractivity contribution in [2.45, 2.75) is 21.9 Å². The monoisotopic (exact) mass is 490 g/mol. The van der Waals surface area contributed by atoms with Crippen LogP contribution in [0.2, 0.25) is 3.93 Å². The summed E-state index contributed by atoms with van der Waals surface area (Å²) >= 11 is 0.611. The topological polar surface area (TPSA) is 92.7 Å². The quantitative estimate of drug-likeness (QED) is 0.584. The molecule has 0 saturated heterocycles. The third-order valence-corrected chi connectivity index (χ3v) is 6.15. The first kappa shape index (κ1) is 19.5. The van der Waals surface area contributed by atoms with Crippen LogP contribution in [0.25, 0.3) is 0 Å². The molecule has 0 bridgehead atoms. The third-order valence-electron chi connectivity index (χ3n) is 2.21. The predicted octanol–water partition coefficient (Wildman–Crippen LogP) is 1.04. The average Bonchev–Trinajstić information content (AvgIpc) is 2.40. The van der Waals surface area contributed by atoms with Crippen LogP contribution >= 0.6 is 0 Å². The second kappa shape index (κ2) is 10.3. The fraction of sp³-hybridized carbons (Fsp3) is 0.417. The minimum absolute atomic E-state index is 0.00169. The fourth-order valence-electron chi connectivity index (χ4n) is 1.19. The van der Waals surface area contributed by atoms with Gasteiger partial charge in [-0.05, 0) is 0 Å². The summed E-state index contributed by atoms with van der Waals surface area (Å²) in [5.41, 5.74) is 0. The van der Waals surface area contributed by atoms with E-state index in [-0.39, 0.29) is 6.10 Å². The van der Waals surface area contributed by atoms with Gasteiger partial charge in [-0.1, -0.05) is 0 Å². The van der Waals surface area contributed by atoms with E-state index in [0.29, 0.717) is 37.6 Å². The molecule has 0 radical (unpaired) electrons. The van der Waals surface area contributed by atoms with Crippen LogP contribution in [0.15, 0.2) is 35.2 Å². The van der Waals surface area contributed by atoms with Crippen LogP contribution in [0, 0.1) is 0 Å². The van der Waals surface area contributed by atoms with Crippen molar-refractivity contribution in [3.05, 3.63) is 30.3 Å². The normalized spacial score (nSPS) is 12.2. The molecule has 1 rings (SSSR count). The number of carbonyl (C=O) groups is 1. The molecule has 0 fully saturated rings. The number of rotatable bonds is 6. The van der Waals surface area contributed by atoms with Crippen molar-refractivity contribution in [2.24, 2.45) is 0 Å². The van der Waals surface area contributed by atoms with Crippen LogP contribution in [0.5, 0.6) is 0 Å². The second-order valence-corrected chi connectivity index (χ2v) is 7.84. The zero-order valence-corrected chi connectivity index (χ0v) is 17.9. The van der Waals surface area contributed by atoms with Gasteiger partial charge < -0.3 is 5.11 Å². The Morgan fingerprint density at radius 1 is 1.40 bits per heavy atom. The van der Waals surface area contributed by atoms with Crippen molar-refractivity contribution in [1.29, 1.82) is 0 Å². The SMILES string of the molecule is CC(=O)O.COC([CH2][Hg])CNS(=O)(=O)c1ccccc1. The molecule has 0 amide bonds. The molecule has 6 nitrogen and oxygen atoms in total. The van der Waals surface area contributed by atoms with E-state index < -0.39 is 16.0 Å². The van der Waals surface area contributed by atoms with E-state index in [1.54, 1.807) is 37.4 Å². The number of methoxy groups -OCH3 is 1. The predicted molar refractivity (Wildman–Crippen MR) is 70.5 cm³/mol. The van der Waals surface area contributed by atoms with Gasteiger partial charge in [-0.15, -0.1) is 0 Å². The van der Waals surface area contributed by atoms with E-state index in [0.717, 1.165) is 10.9 Å². The summed E-state index contributed by atoms with van der Waals surface area (Å²) in [6.07, 6.45) is 0.00169. The summed E-state index contributed by atoms with van der Waals surface area (Å²) in [6.45, 7) is 1.43. The van der Waals surface area contributed by atoms with Gasteiger partial charge >= 0.3 is 113 Å². The minimum atomic E-state index is -3.38. The van der Waals surface area contributed by atoms with Crippen molar-refractivity contribution in [2.75, 3.05) is 13.7 Å². The van der Waals surface area contributed by atoms with Crippen LogP contribution in [0.3, 0.4) is 0 Å². The van der Waals surface area contributed by atoms with Crippen molar-refractivity contribution >= 4 is 16.0 Å². The van der Waals surface area contributed by atoms with Gasteiger partial charge in [0.25, 0.3) is 5.97 Å². The Morgan fingerprint density at radius 3 is 2.30 bits per heavy atom. The van der Waals surface area contributed by atoms with Crippen LogP contribution in [0.1, 0.15) is 6.92 Å². The summed E-state index contributed by atoms with van der Waals surface area (Å²) in [5.74, 6) is -0.833. The van der Waals surface area contributed by atoms with Crippen LogP contribution in [-0.4, -0.2) is 39.3 Å². The Morgan fingerprint density at radius 2 is 1.90 bits per heavy atom. The van der Waals surface area contributed by atoms with Gasteiger partial charge in [-0.2, -0.15) is 0 Å². The van der Waals surface area contributed by atoms with Gasteiger partial charge in [0, 0.05) is 6.92 Å². The molecule has 20 heavy (non-hydrogen) atoms. The number of aliphatic carboxylic acids is 1. The van der Waals surface area contributed by atoms with E-state index in [1.807, 2.05) is 0 Å². The molecule has 0 aliphatic rings. The first-order chi connectivity index (χ1) is 9.33. The number of ether oxygens (including phenoxy) is 1. The van der Waals surface area contributed by atoms with Crippen LogP contribution in [-0.2, 0) is 45.7 Å². The average molecular weight is 489 g/mol. The van der Waals surface area contributed by atoms with E-state index >= 15 is 0 Å². The molecule has 0 spiro atoms. The number of nitrogens with one attached hydrogen (secondary N) is 1. The van der Waals surface area contributed by atoms with E-state index in [1.165, 1.54) is 0 Å². The Labute approximate surface area is 135 Å². The van der Waals surface area contributed by atoms with Crippen molar-refractivity contribution in [1.82, 2.24) is 4.72 Å². The van der Waals surface area contributed by atoms with Crippen molar-refractivity contribution in [3.63, 3.8) is 0 Å². The maximum atomic E-state index is 11.8. The molecule has 0 heterocycles. The van der Waals surface area contributed by atoms with Crippen molar-refractivity contribution in [3.8, 4) is 0 Å². The number of hydrogen-bond acceptors (Lipinski definition) is 4. The first-order valence-electron chi connectivity index (χ1n) is 5.89. The summed E-state index contributed by atoms with van der Waals surface area (Å²) in [5, 5.41) is 7.42. The molecular formula is C12H18HgNO5S. The van der Waals surface area contributed by atoms with E-state index in [4.69, 9.17) is 14.6 Å². The molecule has 1 aromatic rings. The van der Waals surface area contributed by atoms with Gasteiger partial charge in [0.15, 0.2) is 0 Å². The first-order valence-corrected chi connectivity index (χ1v) is 11.3. The summed E-state index contributed by atoms with van der Waals surface area (Å²) in [6, 6.07) is 8.36. The van der Waals surface area contributed by atoms with Gasteiger partial charge in [0.2, 0.25) is 0 Å². The molecule has 0 saturated carbocycles. The molecular weight excluding hydrogens is 471 g/mol. The number of carboxylic acids is 1. The Balaban J connectivity index is 0.000000796. The molecule has 1 aromatic carbocycles. The molecule has 1 atom stereocenters. The van der Waals surface area contributed by atoms with E-state index in [9.17, 15) is 8.42 Å². The molecule has 1 unspecified atom stereocenters. The summed E-state index contributed by atoms with van der Waals surface area (Å²) in [7, 11) is -1.78. The Bertz CT molecular complexity index is 484. The molecule has 109 valence electrons. The zero-order chi connectivity index (χ0) is 15.6. The summed E-state index contributed by atoms with van der Waals surface area (Å²) in [4.78, 5) is 9.29. The third kappa shape index (κ3) is 8.62. The number of hydrogen-bond donors (Lipinski definition) is 2. The van der Waals surface area contributed by atoms with Gasteiger partial charge in [-0.3, -0.25) is 4.79 Å². The van der Waals surface area contributed by atoms with Gasteiger partial charge in [0.05, 0.1) is 0 Å². The molecule has 2 N–H and O–H groups in total. The van der Waals surface area contributed by atoms with Crippen LogP contribution < -0.4 is 4.72 Å². The molecule has 0 aliphatic heterocycles. The van der Waals surface area contributed by atoms with Gasteiger partial charge in [-0.25, -0.2) is 0 Å². The standard InChI is InChI=1S/C10H14NO3S.C2H4O2.Hg/c1-9(14-2)8-11-15(12,13)10-6-4-3-5-7-10;1-2(3)4;/h3-7,9,11H,1,8H2,2H3;1H3,(H,3,4);. The number of carboxylic acid groups (broad SMARTS) is 1. The van der Waals surface area contributed by atoms with Gasteiger partial charge in [0.1, 0.15) is 0 Å². The maximum absolute atomic E-state index is 11.8. The van der Waals surface area contributed by atoms with E-state index in [2.05, 4.69) is 4.72 Å². The number of benzene rings is 1. The fourth-order valence-corrected chi connectivity index (χ4v) is 3.99. The Hall–Kier alpha value is -0.505. The molecule has 8 heteroatoms. The zero-order valence-electron chi connectivity index (χ0n) is 11.6. The van der Waals surface area contributed by atoms with Crippen LogP contribution in [0.4, 0.5) is 0 Å². The number of sulfonamides is 1. The van der Waals surface area contributed by atoms with Crippen molar-refractivity contribution < 1.29 is 49.2 Å². The molecule has 0 aliphatic carbocycles. The Kier molecular flexibility index (Phi) is 10.00. The summed E-state index contributed by atoms with van der Waals surface area (Å²) < 4.78 is 32.3. The molecule has 0 aromatic heterocycles. The second-order valence-electron chi connectivity index (χ2n) is 3.83.